The second kappa shape index (κ2) is 16.0. The van der Waals surface area contributed by atoms with E-state index in [4.69, 9.17) is 47.4 Å². The van der Waals surface area contributed by atoms with E-state index in [1.165, 1.54) is 0 Å². The van der Waals surface area contributed by atoms with Crippen molar-refractivity contribution in [3.63, 3.8) is 0 Å². The SMILES string of the molecule is COc1nc(O[C@H]2CCc3c(-c4cccc(-c5cnc([C@H](C)CC[C@@H]6CCC(=O)C6)c(OC)n5)c4Cl)cccc32)c(Cl)cc1CN1CC[C@@H](C(=O)O)C1. The summed E-state index contributed by atoms with van der Waals surface area (Å²) in [6.45, 7) is 3.78. The molecule has 0 bridgehead atoms. The van der Waals surface area contributed by atoms with Crippen LogP contribution in [0.3, 0.4) is 0 Å². The molecule has 2 aromatic heterocycles. The third-order valence-electron chi connectivity index (χ3n) is 11.0. The van der Waals surface area contributed by atoms with E-state index in [1.807, 2.05) is 24.3 Å². The molecule has 7 rings (SSSR count). The number of fused-ring (bicyclic) bond motifs is 1. The zero-order valence-corrected chi connectivity index (χ0v) is 31.8. The summed E-state index contributed by atoms with van der Waals surface area (Å²) in [5.74, 6) is 1.00. The van der Waals surface area contributed by atoms with Crippen molar-refractivity contribution >= 4 is 35.0 Å². The maximum Gasteiger partial charge on any atom is 0.307 e. The van der Waals surface area contributed by atoms with Gasteiger partial charge in [-0.3, -0.25) is 19.5 Å². The summed E-state index contributed by atoms with van der Waals surface area (Å²) in [5, 5.41) is 10.3. The van der Waals surface area contributed by atoms with Crippen LogP contribution < -0.4 is 14.2 Å². The molecule has 53 heavy (non-hydrogen) atoms. The van der Waals surface area contributed by atoms with Crippen LogP contribution in [0.1, 0.15) is 86.3 Å². The standard InChI is InChI=1S/C41H44Cl2N4O6/c1-23(10-11-24-12-13-27(48)18-24)37-40(52-3)45-34(20-44-37)32-9-5-8-31(36(32)43)28-6-4-7-30-29(28)14-15-35(30)53-39-33(42)19-26(38(46-39)51-2)22-47-17-16-25(21-47)41(49)50/h4-9,19-20,23-25,35H,10-18,21-22H2,1-3H3,(H,49,50)/t23-,24-,25-,35+/m1/s1. The van der Waals surface area contributed by atoms with Crippen molar-refractivity contribution in [2.75, 3.05) is 27.3 Å². The molecule has 12 heteroatoms. The lowest BCUT2D eigenvalue weighted by atomic mass is 9.93. The highest BCUT2D eigenvalue weighted by atomic mass is 35.5. The number of nitrogens with zero attached hydrogens (tertiary/aromatic N) is 4. The van der Waals surface area contributed by atoms with Gasteiger partial charge in [0, 0.05) is 48.5 Å². The number of pyridine rings is 1. The molecule has 0 unspecified atom stereocenters. The normalized spacial score (nSPS) is 20.4. The fourth-order valence-corrected chi connectivity index (χ4v) is 8.65. The lowest BCUT2D eigenvalue weighted by Crippen LogP contribution is -2.23. The molecule has 1 N–H and O–H groups in total. The van der Waals surface area contributed by atoms with Crippen LogP contribution in [-0.4, -0.2) is 64.0 Å². The quantitative estimate of drug-likeness (QED) is 0.142. The van der Waals surface area contributed by atoms with Gasteiger partial charge in [-0.25, -0.2) is 4.98 Å². The van der Waals surface area contributed by atoms with E-state index in [1.54, 1.807) is 26.5 Å². The smallest absolute Gasteiger partial charge is 0.307 e. The van der Waals surface area contributed by atoms with Gasteiger partial charge in [0.05, 0.1) is 37.1 Å². The zero-order chi connectivity index (χ0) is 37.2. The number of aliphatic carboxylic acids is 1. The van der Waals surface area contributed by atoms with Gasteiger partial charge in [0.25, 0.3) is 0 Å². The summed E-state index contributed by atoms with van der Waals surface area (Å²) in [6, 6.07) is 13.9. The largest absolute Gasteiger partial charge is 0.481 e. The summed E-state index contributed by atoms with van der Waals surface area (Å²) in [6.07, 6.45) is 7.89. The van der Waals surface area contributed by atoms with Crippen LogP contribution in [0.5, 0.6) is 17.6 Å². The Hall–Kier alpha value is -4.25. The molecule has 1 aliphatic heterocycles. The molecule has 10 nitrogen and oxygen atoms in total. The van der Waals surface area contributed by atoms with Gasteiger partial charge in [0.1, 0.15) is 22.6 Å². The number of methoxy groups -OCH3 is 2. The summed E-state index contributed by atoms with van der Waals surface area (Å²) < 4.78 is 17.8. The molecule has 3 heterocycles. The Kier molecular flexibility index (Phi) is 11.2. The maximum absolute atomic E-state index is 11.7. The monoisotopic (exact) mass is 758 g/mol. The molecular formula is C41H44Cl2N4O6. The van der Waals surface area contributed by atoms with E-state index in [2.05, 4.69) is 28.9 Å². The highest BCUT2D eigenvalue weighted by Gasteiger charge is 2.31. The van der Waals surface area contributed by atoms with Gasteiger partial charge in [-0.1, -0.05) is 66.5 Å². The molecule has 278 valence electrons. The van der Waals surface area contributed by atoms with Crippen LogP contribution in [0.15, 0.2) is 48.7 Å². The number of halogens is 2. The second-order valence-corrected chi connectivity index (χ2v) is 15.2. The Morgan fingerprint density at radius 1 is 0.981 bits per heavy atom. The third-order valence-corrected chi connectivity index (χ3v) is 11.7. The molecule has 2 aromatic carbocycles. The van der Waals surface area contributed by atoms with Crippen molar-refractivity contribution in [2.24, 2.45) is 11.8 Å². The molecule has 1 saturated carbocycles. The molecule has 4 atom stereocenters. The van der Waals surface area contributed by atoms with Crippen molar-refractivity contribution in [1.82, 2.24) is 19.9 Å². The second-order valence-electron chi connectivity index (χ2n) is 14.5. The number of ketones is 1. The maximum atomic E-state index is 11.7. The van der Waals surface area contributed by atoms with E-state index in [9.17, 15) is 14.7 Å². The first-order valence-electron chi connectivity index (χ1n) is 18.3. The van der Waals surface area contributed by atoms with Gasteiger partial charge in [-0.2, -0.15) is 4.98 Å². The van der Waals surface area contributed by atoms with Gasteiger partial charge in [0.15, 0.2) is 0 Å². The van der Waals surface area contributed by atoms with Crippen LogP contribution in [0, 0.1) is 11.8 Å². The predicted molar refractivity (Wildman–Crippen MR) is 203 cm³/mol. The van der Waals surface area contributed by atoms with Crippen LogP contribution in [0.25, 0.3) is 22.4 Å². The Labute approximate surface area is 319 Å². The minimum absolute atomic E-state index is 0.138. The van der Waals surface area contributed by atoms with Crippen LogP contribution >= 0.6 is 23.2 Å². The summed E-state index contributed by atoms with van der Waals surface area (Å²) in [5.41, 5.74) is 7.08. The first-order chi connectivity index (χ1) is 25.6. The number of hydrogen-bond donors (Lipinski definition) is 1. The number of likely N-dealkylation sites (tertiary alicyclic amines) is 1. The van der Waals surface area contributed by atoms with Gasteiger partial charge in [0.2, 0.25) is 17.6 Å². The fraction of sp³-hybridized carbons (Fsp3) is 0.439. The molecule has 3 aliphatic rings. The average molecular weight is 760 g/mol. The molecule has 0 spiro atoms. The first kappa shape index (κ1) is 37.1. The van der Waals surface area contributed by atoms with Crippen molar-refractivity contribution in [3.05, 3.63) is 81.1 Å². The van der Waals surface area contributed by atoms with Crippen LogP contribution in [0.2, 0.25) is 10.0 Å². The molecule has 2 aliphatic carbocycles. The molecule has 2 fully saturated rings. The number of aromatic nitrogens is 3. The minimum Gasteiger partial charge on any atom is -0.481 e. The zero-order valence-electron chi connectivity index (χ0n) is 30.2. The van der Waals surface area contributed by atoms with Gasteiger partial charge in [-0.05, 0) is 73.7 Å². The minimum atomic E-state index is -0.772. The third kappa shape index (κ3) is 7.86. The number of carbonyl (C=O) groups is 2. The van der Waals surface area contributed by atoms with E-state index >= 15 is 0 Å². The Morgan fingerprint density at radius 2 is 1.75 bits per heavy atom. The number of carboxylic acid groups (broad SMARTS) is 1. The number of ether oxygens (including phenoxy) is 3. The molecule has 0 radical (unpaired) electrons. The Morgan fingerprint density at radius 3 is 2.49 bits per heavy atom. The highest BCUT2D eigenvalue weighted by molar-refractivity contribution is 6.36. The van der Waals surface area contributed by atoms with Crippen molar-refractivity contribution in [2.45, 2.75) is 76.9 Å². The van der Waals surface area contributed by atoms with Crippen molar-refractivity contribution in [3.8, 4) is 40.0 Å². The molecule has 4 aromatic rings. The number of rotatable bonds is 13. The number of Topliss-reactive ketones (excluding diaryl/α,β-unsaturated/α-hetero) is 1. The molecular weight excluding hydrogens is 715 g/mol. The van der Waals surface area contributed by atoms with Crippen LogP contribution in [0.4, 0.5) is 0 Å². The highest BCUT2D eigenvalue weighted by Crippen LogP contribution is 2.45. The van der Waals surface area contributed by atoms with Gasteiger partial charge < -0.3 is 19.3 Å². The van der Waals surface area contributed by atoms with Crippen molar-refractivity contribution in [1.29, 1.82) is 0 Å². The van der Waals surface area contributed by atoms with Crippen LogP contribution in [-0.2, 0) is 22.6 Å². The summed E-state index contributed by atoms with van der Waals surface area (Å²) in [7, 11) is 3.17. The predicted octanol–water partition coefficient (Wildman–Crippen LogP) is 8.76. The van der Waals surface area contributed by atoms with E-state index in [0.717, 1.165) is 71.2 Å². The Balaban J connectivity index is 1.09. The van der Waals surface area contributed by atoms with Gasteiger partial charge in [-0.15, -0.1) is 0 Å². The Bertz CT molecular complexity index is 2020. The fourth-order valence-electron chi connectivity index (χ4n) is 8.11. The van der Waals surface area contributed by atoms with E-state index in [-0.39, 0.29) is 17.9 Å². The van der Waals surface area contributed by atoms with E-state index < -0.39 is 5.97 Å². The number of hydrogen-bond acceptors (Lipinski definition) is 9. The topological polar surface area (TPSA) is 124 Å². The summed E-state index contributed by atoms with van der Waals surface area (Å²) in [4.78, 5) is 39.6. The van der Waals surface area contributed by atoms with E-state index in [0.29, 0.717) is 84.0 Å². The summed E-state index contributed by atoms with van der Waals surface area (Å²) >= 11 is 13.9. The average Bonchev–Trinajstić information content (AvgIpc) is 3.92. The number of benzene rings is 2. The molecule has 0 amide bonds. The number of carboxylic acids is 1. The lowest BCUT2D eigenvalue weighted by molar-refractivity contribution is -0.141. The van der Waals surface area contributed by atoms with Crippen molar-refractivity contribution < 1.29 is 28.9 Å². The first-order valence-corrected chi connectivity index (χ1v) is 19.1. The molecule has 1 saturated heterocycles. The number of carbonyl (C=O) groups excluding carboxylic acids is 1. The van der Waals surface area contributed by atoms with Gasteiger partial charge >= 0.3 is 5.97 Å². The lowest BCUT2D eigenvalue weighted by Gasteiger charge is -2.20.